The van der Waals surface area contributed by atoms with Gasteiger partial charge in [-0.05, 0) is 25.0 Å². The Morgan fingerprint density at radius 2 is 1.72 bits per heavy atom. The van der Waals surface area contributed by atoms with E-state index in [1.807, 2.05) is 13.8 Å². The summed E-state index contributed by atoms with van der Waals surface area (Å²) in [6.07, 6.45) is 1.46. The zero-order valence-corrected chi connectivity index (χ0v) is 10.7. The third-order valence-electron chi connectivity index (χ3n) is 2.15. The molecule has 4 heteroatoms. The molecule has 0 aliphatic rings. The maximum atomic E-state index is 11.8. The van der Waals surface area contributed by atoms with E-state index in [0.717, 1.165) is 12.8 Å². The monoisotopic (exact) mass is 249 g/mol. The molecule has 0 atom stereocenters. The van der Waals surface area contributed by atoms with Gasteiger partial charge in [0.2, 0.25) is 0 Å². The van der Waals surface area contributed by atoms with Gasteiger partial charge in [-0.15, -0.1) is 0 Å². The number of hydrogen-bond donors (Lipinski definition) is 0. The molecule has 0 aromatic heterocycles. The van der Waals surface area contributed by atoms with E-state index >= 15 is 0 Å². The fourth-order valence-electron chi connectivity index (χ4n) is 1.32. The van der Waals surface area contributed by atoms with Crippen molar-refractivity contribution in [3.8, 4) is 0 Å². The van der Waals surface area contributed by atoms with Crippen LogP contribution in [0.25, 0.3) is 0 Å². The molecule has 1 rings (SSSR count). The molecule has 1 aromatic rings. The molecule has 1 radical (unpaired) electrons. The van der Waals surface area contributed by atoms with Gasteiger partial charge < -0.3 is 9.47 Å². The van der Waals surface area contributed by atoms with E-state index in [0.29, 0.717) is 13.2 Å². The molecule has 0 saturated heterocycles. The molecule has 97 valence electrons. The van der Waals surface area contributed by atoms with Gasteiger partial charge in [-0.3, -0.25) is 0 Å². The van der Waals surface area contributed by atoms with Crippen LogP contribution in [0.15, 0.2) is 18.2 Å². The largest absolute Gasteiger partial charge is 0.462 e. The van der Waals surface area contributed by atoms with Gasteiger partial charge >= 0.3 is 11.9 Å². The van der Waals surface area contributed by atoms with E-state index in [4.69, 9.17) is 9.47 Å². The average Bonchev–Trinajstić information content (AvgIpc) is 2.42. The number of hydrogen-bond acceptors (Lipinski definition) is 4. The van der Waals surface area contributed by atoms with Crippen molar-refractivity contribution in [2.45, 2.75) is 26.7 Å². The maximum absolute atomic E-state index is 11.8. The highest BCUT2D eigenvalue weighted by molar-refractivity contribution is 6.02. The highest BCUT2D eigenvalue weighted by Gasteiger charge is 2.18. The summed E-state index contributed by atoms with van der Waals surface area (Å²) in [5.74, 6) is -1.06. The van der Waals surface area contributed by atoms with Crippen LogP contribution in [0.2, 0.25) is 0 Å². The third-order valence-corrected chi connectivity index (χ3v) is 2.15. The second kappa shape index (κ2) is 7.48. The Labute approximate surface area is 107 Å². The number of benzene rings is 1. The van der Waals surface area contributed by atoms with Crippen LogP contribution >= 0.6 is 0 Å². The number of rotatable bonds is 6. The summed E-state index contributed by atoms with van der Waals surface area (Å²) in [6.45, 7) is 4.46. The predicted octanol–water partition coefficient (Wildman–Crippen LogP) is 2.62. The van der Waals surface area contributed by atoms with E-state index < -0.39 is 11.9 Å². The molecular weight excluding hydrogens is 232 g/mol. The minimum absolute atomic E-state index is 0.132. The number of ether oxygens (including phenoxy) is 2. The lowest BCUT2D eigenvalue weighted by atomic mass is 10.1. The Hall–Kier alpha value is -1.84. The van der Waals surface area contributed by atoms with Gasteiger partial charge in [0.05, 0.1) is 24.3 Å². The van der Waals surface area contributed by atoms with Crippen molar-refractivity contribution >= 4 is 11.9 Å². The van der Waals surface area contributed by atoms with E-state index in [9.17, 15) is 9.59 Å². The van der Waals surface area contributed by atoms with Crippen LogP contribution in [0.4, 0.5) is 0 Å². The topological polar surface area (TPSA) is 52.6 Å². The molecule has 0 fully saturated rings. The van der Waals surface area contributed by atoms with Gasteiger partial charge in [-0.2, -0.15) is 0 Å². The smallest absolute Gasteiger partial charge is 0.339 e. The molecule has 0 saturated carbocycles. The van der Waals surface area contributed by atoms with E-state index in [1.165, 1.54) is 6.07 Å². The normalized spacial score (nSPS) is 9.89. The third kappa shape index (κ3) is 3.87. The second-order valence-corrected chi connectivity index (χ2v) is 3.73. The lowest BCUT2D eigenvalue weighted by Gasteiger charge is -2.08. The second-order valence-electron chi connectivity index (χ2n) is 3.73. The summed E-state index contributed by atoms with van der Waals surface area (Å²) >= 11 is 0. The minimum atomic E-state index is -0.541. The molecular formula is C14H17O4. The Bertz CT molecular complexity index is 373. The van der Waals surface area contributed by atoms with Crippen LogP contribution in [0.3, 0.4) is 0 Å². The van der Waals surface area contributed by atoms with Gasteiger partial charge in [-0.1, -0.05) is 26.0 Å². The van der Waals surface area contributed by atoms with Gasteiger partial charge in [0, 0.05) is 0 Å². The summed E-state index contributed by atoms with van der Waals surface area (Å²) in [5.41, 5.74) is 0.333. The Morgan fingerprint density at radius 3 is 2.33 bits per heavy atom. The molecule has 0 spiro atoms. The maximum Gasteiger partial charge on any atom is 0.339 e. The quantitative estimate of drug-likeness (QED) is 0.727. The minimum Gasteiger partial charge on any atom is -0.462 e. The van der Waals surface area contributed by atoms with Crippen molar-refractivity contribution < 1.29 is 19.1 Å². The summed E-state index contributed by atoms with van der Waals surface area (Å²) < 4.78 is 10.0. The number of carbonyl (C=O) groups is 2. The zero-order valence-electron chi connectivity index (χ0n) is 10.7. The van der Waals surface area contributed by atoms with Crippen LogP contribution in [0.5, 0.6) is 0 Å². The lowest BCUT2D eigenvalue weighted by molar-refractivity contribution is 0.0457. The SMILES string of the molecule is CCCOC(=O)c1[c]cccc1C(=O)OCCC. The highest BCUT2D eigenvalue weighted by Crippen LogP contribution is 2.11. The molecule has 0 aliphatic carbocycles. The molecule has 4 nitrogen and oxygen atoms in total. The first kappa shape index (κ1) is 14.2. The number of esters is 2. The average molecular weight is 249 g/mol. The molecule has 0 heterocycles. The predicted molar refractivity (Wildman–Crippen MR) is 66.4 cm³/mol. The van der Waals surface area contributed by atoms with Gasteiger partial charge in [0.15, 0.2) is 0 Å². The van der Waals surface area contributed by atoms with Gasteiger partial charge in [0.25, 0.3) is 0 Å². The Balaban J connectivity index is 2.85. The zero-order chi connectivity index (χ0) is 13.4. The fraction of sp³-hybridized carbons (Fsp3) is 0.429. The Kier molecular flexibility index (Phi) is 5.91. The van der Waals surface area contributed by atoms with Crippen LogP contribution in [0.1, 0.15) is 47.4 Å². The first-order chi connectivity index (χ1) is 8.70. The lowest BCUT2D eigenvalue weighted by Crippen LogP contribution is -2.14. The van der Waals surface area contributed by atoms with Crippen LogP contribution in [0, 0.1) is 6.07 Å². The number of carbonyl (C=O) groups excluding carboxylic acids is 2. The molecule has 0 unspecified atom stereocenters. The standard InChI is InChI=1S/C14H17O4/c1-3-9-17-13(15)11-7-5-6-8-12(11)14(16)18-10-4-2/h5-7H,3-4,9-10H2,1-2H3. The van der Waals surface area contributed by atoms with Crippen molar-refractivity contribution in [1.82, 2.24) is 0 Å². The molecule has 0 aliphatic heterocycles. The highest BCUT2D eigenvalue weighted by atomic mass is 16.5. The van der Waals surface area contributed by atoms with E-state index in [2.05, 4.69) is 6.07 Å². The summed E-state index contributed by atoms with van der Waals surface area (Å²) in [4.78, 5) is 23.5. The van der Waals surface area contributed by atoms with Crippen LogP contribution < -0.4 is 0 Å². The first-order valence-corrected chi connectivity index (χ1v) is 6.05. The summed E-state index contributed by atoms with van der Waals surface area (Å²) in [5, 5.41) is 0. The molecule has 0 amide bonds. The summed E-state index contributed by atoms with van der Waals surface area (Å²) in [7, 11) is 0. The first-order valence-electron chi connectivity index (χ1n) is 6.05. The Morgan fingerprint density at radius 1 is 1.11 bits per heavy atom. The van der Waals surface area contributed by atoms with E-state index in [1.54, 1.807) is 12.1 Å². The van der Waals surface area contributed by atoms with Gasteiger partial charge in [-0.25, -0.2) is 9.59 Å². The van der Waals surface area contributed by atoms with Crippen LogP contribution in [-0.4, -0.2) is 25.2 Å². The van der Waals surface area contributed by atoms with E-state index in [-0.39, 0.29) is 11.1 Å². The molecule has 1 aromatic carbocycles. The van der Waals surface area contributed by atoms with Crippen molar-refractivity contribution in [3.05, 3.63) is 35.4 Å². The molecule has 0 N–H and O–H groups in total. The van der Waals surface area contributed by atoms with Crippen molar-refractivity contribution in [2.75, 3.05) is 13.2 Å². The fourth-order valence-corrected chi connectivity index (χ4v) is 1.32. The van der Waals surface area contributed by atoms with Crippen LogP contribution in [-0.2, 0) is 9.47 Å². The van der Waals surface area contributed by atoms with Crippen molar-refractivity contribution in [1.29, 1.82) is 0 Å². The molecule has 18 heavy (non-hydrogen) atoms. The molecule has 0 bridgehead atoms. The van der Waals surface area contributed by atoms with Crippen molar-refractivity contribution in [3.63, 3.8) is 0 Å². The summed E-state index contributed by atoms with van der Waals surface area (Å²) in [6, 6.07) is 7.47. The van der Waals surface area contributed by atoms with Gasteiger partial charge in [0.1, 0.15) is 0 Å². The van der Waals surface area contributed by atoms with Crippen molar-refractivity contribution in [2.24, 2.45) is 0 Å².